The summed E-state index contributed by atoms with van der Waals surface area (Å²) in [6.45, 7) is 8.06. The van der Waals surface area contributed by atoms with Crippen molar-refractivity contribution in [3.63, 3.8) is 0 Å². The monoisotopic (exact) mass is 246 g/mol. The van der Waals surface area contributed by atoms with Gasteiger partial charge in [0.2, 0.25) is 0 Å². The van der Waals surface area contributed by atoms with Crippen molar-refractivity contribution in [2.45, 2.75) is 52.2 Å². The molecular weight excluding hydrogens is 224 g/mol. The van der Waals surface area contributed by atoms with Crippen LogP contribution in [0.4, 0.5) is 0 Å². The number of nitrogens with one attached hydrogen (secondary N) is 2. The molecule has 98 valence electrons. The van der Waals surface area contributed by atoms with E-state index in [1.807, 2.05) is 12.1 Å². The van der Waals surface area contributed by atoms with Crippen LogP contribution >= 0.6 is 0 Å². The summed E-state index contributed by atoms with van der Waals surface area (Å²) in [5, 5.41) is 6.40. The smallest absolute Gasteiger partial charge is 0.251 e. The Bertz CT molecular complexity index is 452. The first-order chi connectivity index (χ1) is 8.52. The fourth-order valence-corrected chi connectivity index (χ4v) is 2.50. The van der Waals surface area contributed by atoms with E-state index in [1.54, 1.807) is 0 Å². The van der Waals surface area contributed by atoms with Crippen LogP contribution in [0.1, 0.15) is 55.1 Å². The minimum Gasteiger partial charge on any atom is -0.347 e. The fourth-order valence-electron chi connectivity index (χ4n) is 2.50. The van der Waals surface area contributed by atoms with Gasteiger partial charge in [-0.15, -0.1) is 0 Å². The van der Waals surface area contributed by atoms with Crippen molar-refractivity contribution in [3.05, 3.63) is 34.9 Å². The van der Waals surface area contributed by atoms with E-state index in [2.05, 4.69) is 37.5 Å². The highest BCUT2D eigenvalue weighted by Crippen LogP contribution is 2.18. The van der Waals surface area contributed by atoms with Crippen molar-refractivity contribution >= 4 is 5.91 Å². The molecular formula is C15H22N2O. The highest BCUT2D eigenvalue weighted by Gasteiger charge is 2.21. The summed E-state index contributed by atoms with van der Waals surface area (Å²) >= 11 is 0. The largest absolute Gasteiger partial charge is 0.347 e. The second-order valence-corrected chi connectivity index (χ2v) is 5.68. The lowest BCUT2D eigenvalue weighted by atomic mass is 9.98. The fraction of sp³-hybridized carbons (Fsp3) is 0.533. The maximum Gasteiger partial charge on any atom is 0.251 e. The second kappa shape index (κ2) is 5.11. The normalized spacial score (nSPS) is 14.4. The van der Waals surface area contributed by atoms with Gasteiger partial charge in [0, 0.05) is 24.2 Å². The van der Waals surface area contributed by atoms with Gasteiger partial charge < -0.3 is 10.6 Å². The zero-order valence-electron chi connectivity index (χ0n) is 11.5. The lowest BCUT2D eigenvalue weighted by molar-refractivity contribution is 0.0909. The summed E-state index contributed by atoms with van der Waals surface area (Å²) in [4.78, 5) is 12.2. The van der Waals surface area contributed by atoms with Gasteiger partial charge in [-0.3, -0.25) is 4.79 Å². The number of carbonyl (C=O) groups is 1. The van der Waals surface area contributed by atoms with Crippen LogP contribution in [0, 0.1) is 0 Å². The molecule has 1 amide bonds. The third-order valence-corrected chi connectivity index (χ3v) is 3.43. The number of hydrogen-bond acceptors (Lipinski definition) is 2. The van der Waals surface area contributed by atoms with Gasteiger partial charge in [-0.05, 0) is 43.5 Å². The van der Waals surface area contributed by atoms with E-state index in [0.29, 0.717) is 0 Å². The minimum atomic E-state index is -0.136. The van der Waals surface area contributed by atoms with Gasteiger partial charge in [-0.2, -0.15) is 0 Å². The summed E-state index contributed by atoms with van der Waals surface area (Å²) in [6.07, 6.45) is 2.06. The predicted octanol–water partition coefficient (Wildman–Crippen LogP) is 2.60. The molecule has 3 nitrogen and oxygen atoms in total. The Balaban J connectivity index is 2.10. The van der Waals surface area contributed by atoms with Crippen LogP contribution in [0.3, 0.4) is 0 Å². The molecule has 0 saturated carbocycles. The van der Waals surface area contributed by atoms with Crippen LogP contribution in [0.15, 0.2) is 18.2 Å². The molecule has 0 atom stereocenters. The molecule has 18 heavy (non-hydrogen) atoms. The molecule has 0 unspecified atom stereocenters. The van der Waals surface area contributed by atoms with Crippen LogP contribution < -0.4 is 10.6 Å². The van der Waals surface area contributed by atoms with Crippen LogP contribution in [0.5, 0.6) is 0 Å². The van der Waals surface area contributed by atoms with Gasteiger partial charge in [0.25, 0.3) is 5.91 Å². The van der Waals surface area contributed by atoms with E-state index in [-0.39, 0.29) is 11.4 Å². The average Bonchev–Trinajstić information content (AvgIpc) is 2.74. The second-order valence-electron chi connectivity index (χ2n) is 5.68. The highest BCUT2D eigenvalue weighted by molar-refractivity contribution is 5.95. The van der Waals surface area contributed by atoms with Gasteiger partial charge >= 0.3 is 0 Å². The Morgan fingerprint density at radius 1 is 1.33 bits per heavy atom. The summed E-state index contributed by atoms with van der Waals surface area (Å²) in [6, 6.07) is 5.98. The van der Waals surface area contributed by atoms with E-state index in [9.17, 15) is 4.79 Å². The molecule has 3 heteroatoms. The van der Waals surface area contributed by atoms with Crippen molar-refractivity contribution in [3.8, 4) is 0 Å². The van der Waals surface area contributed by atoms with Crippen molar-refractivity contribution in [1.82, 2.24) is 10.6 Å². The summed E-state index contributed by atoms with van der Waals surface area (Å²) < 4.78 is 0. The van der Waals surface area contributed by atoms with Gasteiger partial charge in [-0.25, -0.2) is 0 Å². The molecule has 0 saturated heterocycles. The number of hydrogen-bond donors (Lipinski definition) is 2. The molecule has 1 aliphatic heterocycles. The third kappa shape index (κ3) is 2.91. The molecule has 0 aromatic heterocycles. The lowest BCUT2D eigenvalue weighted by Gasteiger charge is -2.25. The van der Waals surface area contributed by atoms with Gasteiger partial charge in [0.1, 0.15) is 0 Å². The van der Waals surface area contributed by atoms with Gasteiger partial charge in [-0.1, -0.05) is 19.4 Å². The molecule has 2 rings (SSSR count). The molecule has 0 spiro atoms. The summed E-state index contributed by atoms with van der Waals surface area (Å²) in [5.41, 5.74) is 3.18. The molecule has 0 bridgehead atoms. The predicted molar refractivity (Wildman–Crippen MR) is 73.4 cm³/mol. The first-order valence-corrected chi connectivity index (χ1v) is 6.67. The first-order valence-electron chi connectivity index (χ1n) is 6.67. The first kappa shape index (κ1) is 13.1. The SMILES string of the molecule is CCCC(C)(C)NC(=O)c1ccc2c(c1)CNC2. The molecule has 1 heterocycles. The van der Waals surface area contributed by atoms with Gasteiger partial charge in [0.05, 0.1) is 0 Å². The van der Waals surface area contributed by atoms with E-state index in [4.69, 9.17) is 0 Å². The van der Waals surface area contributed by atoms with Crippen LogP contribution in [-0.4, -0.2) is 11.4 Å². The topological polar surface area (TPSA) is 41.1 Å². The number of rotatable bonds is 4. The average molecular weight is 246 g/mol. The van der Waals surface area contributed by atoms with Crippen LogP contribution in [0.25, 0.3) is 0 Å². The summed E-state index contributed by atoms with van der Waals surface area (Å²) in [5.74, 6) is 0.0307. The number of amides is 1. The molecule has 1 aromatic carbocycles. The minimum absolute atomic E-state index is 0.0307. The molecule has 1 aromatic rings. The molecule has 1 aliphatic rings. The quantitative estimate of drug-likeness (QED) is 0.857. The zero-order valence-corrected chi connectivity index (χ0v) is 11.5. The van der Waals surface area contributed by atoms with Crippen molar-refractivity contribution in [2.75, 3.05) is 0 Å². The maximum atomic E-state index is 12.2. The highest BCUT2D eigenvalue weighted by atomic mass is 16.1. The Labute approximate surface area is 109 Å². The maximum absolute atomic E-state index is 12.2. The Hall–Kier alpha value is -1.35. The zero-order chi connectivity index (χ0) is 13.2. The van der Waals surface area contributed by atoms with Crippen molar-refractivity contribution in [1.29, 1.82) is 0 Å². The molecule has 2 N–H and O–H groups in total. The number of benzene rings is 1. The Kier molecular flexibility index (Phi) is 3.71. The van der Waals surface area contributed by atoms with E-state index < -0.39 is 0 Å². The van der Waals surface area contributed by atoms with E-state index in [0.717, 1.165) is 31.5 Å². The Morgan fingerprint density at radius 3 is 2.78 bits per heavy atom. The van der Waals surface area contributed by atoms with Crippen molar-refractivity contribution in [2.24, 2.45) is 0 Å². The van der Waals surface area contributed by atoms with Crippen molar-refractivity contribution < 1.29 is 4.79 Å². The third-order valence-electron chi connectivity index (χ3n) is 3.43. The van der Waals surface area contributed by atoms with E-state index >= 15 is 0 Å². The lowest BCUT2D eigenvalue weighted by Crippen LogP contribution is -2.43. The Morgan fingerprint density at radius 2 is 2.06 bits per heavy atom. The molecule has 0 fully saturated rings. The number of fused-ring (bicyclic) bond motifs is 1. The molecule has 0 aliphatic carbocycles. The van der Waals surface area contributed by atoms with E-state index in [1.165, 1.54) is 11.1 Å². The standard InChI is InChI=1S/C15H22N2O/c1-4-7-15(2,3)17-14(18)11-5-6-12-9-16-10-13(12)8-11/h5-6,8,16H,4,7,9-10H2,1-3H3,(H,17,18). The summed E-state index contributed by atoms with van der Waals surface area (Å²) in [7, 11) is 0. The van der Waals surface area contributed by atoms with Crippen LogP contribution in [-0.2, 0) is 13.1 Å². The van der Waals surface area contributed by atoms with Crippen LogP contribution in [0.2, 0.25) is 0 Å². The number of carbonyl (C=O) groups excluding carboxylic acids is 1. The van der Waals surface area contributed by atoms with Gasteiger partial charge in [0.15, 0.2) is 0 Å². The molecule has 0 radical (unpaired) electrons.